The second-order valence-electron chi connectivity index (χ2n) is 6.05. The van der Waals surface area contributed by atoms with Gasteiger partial charge in [-0.05, 0) is 46.0 Å². The third-order valence-electron chi connectivity index (χ3n) is 2.71. The fourth-order valence-electron chi connectivity index (χ4n) is 1.85. The van der Waals surface area contributed by atoms with Crippen LogP contribution in [0.1, 0.15) is 31.9 Å². The van der Waals surface area contributed by atoms with Gasteiger partial charge in [-0.1, -0.05) is 5.16 Å². The molecule has 0 spiro atoms. The van der Waals surface area contributed by atoms with E-state index in [2.05, 4.69) is 5.16 Å². The normalized spacial score (nSPS) is 12.5. The maximum absolute atomic E-state index is 13.8. The van der Waals surface area contributed by atoms with Gasteiger partial charge < -0.3 is 15.7 Å². The molecule has 3 N–H and O–H groups in total. The van der Waals surface area contributed by atoms with Crippen LogP contribution in [-0.2, 0) is 16.1 Å². The third-order valence-corrected chi connectivity index (χ3v) is 2.71. The summed E-state index contributed by atoms with van der Waals surface area (Å²) in [6.07, 6.45) is 0. The molecule has 0 atom stereocenters. The first-order valence-corrected chi connectivity index (χ1v) is 6.79. The number of hydrogen-bond acceptors (Lipinski definition) is 5. The monoisotopic (exact) mass is 311 g/mol. The molecule has 122 valence electrons. The molecule has 0 amide bonds. The van der Waals surface area contributed by atoms with Crippen molar-refractivity contribution in [1.29, 1.82) is 0 Å². The molecule has 0 radical (unpaired) electrons. The molecule has 0 saturated carbocycles. The number of carbonyl (C=O) groups is 1. The molecule has 0 aromatic heterocycles. The maximum atomic E-state index is 13.8. The summed E-state index contributed by atoms with van der Waals surface area (Å²) in [6, 6.07) is 4.14. The van der Waals surface area contributed by atoms with Crippen molar-refractivity contribution in [3.05, 3.63) is 35.1 Å². The number of oxime groups is 1. The highest BCUT2D eigenvalue weighted by Crippen LogP contribution is 2.13. The number of hydrogen-bond donors (Lipinski definition) is 2. The Morgan fingerprint density at radius 3 is 2.64 bits per heavy atom. The SMILES string of the molecule is CN(CC(=O)OC(C)(C)C)Cc1cc(C(N)=NO)ccc1F. The van der Waals surface area contributed by atoms with Crippen LogP contribution in [0.5, 0.6) is 0 Å². The molecule has 0 heterocycles. The van der Waals surface area contributed by atoms with E-state index in [1.165, 1.54) is 18.2 Å². The molecule has 0 aliphatic carbocycles. The van der Waals surface area contributed by atoms with Crippen LogP contribution in [0.25, 0.3) is 0 Å². The lowest BCUT2D eigenvalue weighted by atomic mass is 10.1. The summed E-state index contributed by atoms with van der Waals surface area (Å²) in [7, 11) is 1.68. The summed E-state index contributed by atoms with van der Waals surface area (Å²) in [6.45, 7) is 5.57. The van der Waals surface area contributed by atoms with Crippen LogP contribution < -0.4 is 5.73 Å². The lowest BCUT2D eigenvalue weighted by molar-refractivity contribution is -0.155. The molecule has 1 aromatic rings. The Labute approximate surface area is 129 Å². The zero-order valence-electron chi connectivity index (χ0n) is 13.3. The van der Waals surface area contributed by atoms with Gasteiger partial charge in [0.1, 0.15) is 11.4 Å². The van der Waals surface area contributed by atoms with Crippen molar-refractivity contribution in [2.24, 2.45) is 10.9 Å². The number of amidine groups is 1. The number of nitrogens with zero attached hydrogens (tertiary/aromatic N) is 2. The highest BCUT2D eigenvalue weighted by atomic mass is 19.1. The number of benzene rings is 1. The average Bonchev–Trinajstić information content (AvgIpc) is 2.37. The lowest BCUT2D eigenvalue weighted by Gasteiger charge is -2.22. The fourth-order valence-corrected chi connectivity index (χ4v) is 1.85. The number of likely N-dealkylation sites (N-methyl/N-ethyl adjacent to an activating group) is 1. The van der Waals surface area contributed by atoms with Gasteiger partial charge in [-0.25, -0.2) is 4.39 Å². The van der Waals surface area contributed by atoms with E-state index in [-0.39, 0.29) is 24.9 Å². The molecular weight excluding hydrogens is 289 g/mol. The van der Waals surface area contributed by atoms with Gasteiger partial charge in [-0.2, -0.15) is 0 Å². The Kier molecular flexibility index (Phi) is 5.87. The zero-order valence-corrected chi connectivity index (χ0v) is 13.3. The summed E-state index contributed by atoms with van der Waals surface area (Å²) in [4.78, 5) is 13.4. The topological polar surface area (TPSA) is 88.2 Å². The molecule has 0 unspecified atom stereocenters. The summed E-state index contributed by atoms with van der Waals surface area (Å²) < 4.78 is 19.0. The number of rotatable bonds is 5. The standard InChI is InChI=1S/C15H22FN3O3/c1-15(2,3)22-13(20)9-19(4)8-11-7-10(14(17)18-21)5-6-12(11)16/h5-7,21H,8-9H2,1-4H3,(H2,17,18). The van der Waals surface area contributed by atoms with Crippen molar-refractivity contribution in [3.8, 4) is 0 Å². The highest BCUT2D eigenvalue weighted by molar-refractivity contribution is 5.97. The van der Waals surface area contributed by atoms with Gasteiger partial charge >= 0.3 is 5.97 Å². The van der Waals surface area contributed by atoms with Crippen LogP contribution in [0, 0.1) is 5.82 Å². The van der Waals surface area contributed by atoms with E-state index < -0.39 is 11.4 Å². The van der Waals surface area contributed by atoms with Crippen LogP contribution in [0.2, 0.25) is 0 Å². The van der Waals surface area contributed by atoms with Gasteiger partial charge in [0.2, 0.25) is 0 Å². The second-order valence-corrected chi connectivity index (χ2v) is 6.05. The molecular formula is C15H22FN3O3. The lowest BCUT2D eigenvalue weighted by Crippen LogP contribution is -2.32. The van der Waals surface area contributed by atoms with Crippen LogP contribution >= 0.6 is 0 Å². The summed E-state index contributed by atoms with van der Waals surface area (Å²) >= 11 is 0. The maximum Gasteiger partial charge on any atom is 0.320 e. The van der Waals surface area contributed by atoms with Crippen molar-refractivity contribution in [3.63, 3.8) is 0 Å². The van der Waals surface area contributed by atoms with Gasteiger partial charge in [-0.3, -0.25) is 9.69 Å². The Balaban J connectivity index is 2.75. The number of ether oxygens (including phenoxy) is 1. The molecule has 0 aliphatic heterocycles. The molecule has 22 heavy (non-hydrogen) atoms. The van der Waals surface area contributed by atoms with Gasteiger partial charge in [0.15, 0.2) is 5.84 Å². The van der Waals surface area contributed by atoms with Crippen LogP contribution in [0.15, 0.2) is 23.4 Å². The van der Waals surface area contributed by atoms with E-state index >= 15 is 0 Å². The van der Waals surface area contributed by atoms with Crippen LogP contribution in [0.3, 0.4) is 0 Å². The van der Waals surface area contributed by atoms with Crippen molar-refractivity contribution in [2.75, 3.05) is 13.6 Å². The summed E-state index contributed by atoms with van der Waals surface area (Å²) in [5.74, 6) is -0.912. The first-order chi connectivity index (χ1) is 10.1. The minimum atomic E-state index is -0.560. The van der Waals surface area contributed by atoms with Crippen LogP contribution in [-0.4, -0.2) is 41.1 Å². The molecule has 6 nitrogen and oxygen atoms in total. The number of halogens is 1. The molecule has 1 aromatic carbocycles. The van der Waals surface area contributed by atoms with E-state index in [0.717, 1.165) is 0 Å². The van der Waals surface area contributed by atoms with Crippen LogP contribution in [0.4, 0.5) is 4.39 Å². The largest absolute Gasteiger partial charge is 0.459 e. The van der Waals surface area contributed by atoms with Gasteiger partial charge in [0, 0.05) is 17.7 Å². The number of nitrogens with two attached hydrogens (primary N) is 1. The van der Waals surface area contributed by atoms with Gasteiger partial charge in [0.25, 0.3) is 0 Å². The molecule has 0 fully saturated rings. The molecule has 0 aliphatic rings. The van der Waals surface area contributed by atoms with E-state index in [1.807, 2.05) is 0 Å². The Hall–Kier alpha value is -2.15. The van der Waals surface area contributed by atoms with Crippen molar-refractivity contribution in [2.45, 2.75) is 32.9 Å². The van der Waals surface area contributed by atoms with Crippen molar-refractivity contribution < 1.29 is 19.1 Å². The van der Waals surface area contributed by atoms with Gasteiger partial charge in [-0.15, -0.1) is 0 Å². The third kappa shape index (κ3) is 5.69. The fraction of sp³-hybridized carbons (Fsp3) is 0.467. The minimum absolute atomic E-state index is 0.0323. The quantitative estimate of drug-likeness (QED) is 0.284. The second kappa shape index (κ2) is 7.22. The Bertz CT molecular complexity index is 568. The van der Waals surface area contributed by atoms with Gasteiger partial charge in [0.05, 0.1) is 6.54 Å². The molecule has 7 heteroatoms. The first-order valence-electron chi connectivity index (χ1n) is 6.79. The summed E-state index contributed by atoms with van der Waals surface area (Å²) in [5.41, 5.74) is 5.67. The van der Waals surface area contributed by atoms with E-state index in [1.54, 1.807) is 32.7 Å². The highest BCUT2D eigenvalue weighted by Gasteiger charge is 2.18. The predicted octanol–water partition coefficient (Wildman–Crippen LogP) is 1.69. The minimum Gasteiger partial charge on any atom is -0.459 e. The van der Waals surface area contributed by atoms with E-state index in [0.29, 0.717) is 11.1 Å². The predicted molar refractivity (Wildman–Crippen MR) is 81.1 cm³/mol. The molecule has 0 bridgehead atoms. The number of esters is 1. The van der Waals surface area contributed by atoms with E-state index in [4.69, 9.17) is 15.7 Å². The number of carbonyl (C=O) groups excluding carboxylic acids is 1. The zero-order chi connectivity index (χ0) is 16.9. The summed E-state index contributed by atoms with van der Waals surface area (Å²) in [5, 5.41) is 11.5. The smallest absolute Gasteiger partial charge is 0.320 e. The van der Waals surface area contributed by atoms with E-state index in [9.17, 15) is 9.18 Å². The Morgan fingerprint density at radius 2 is 2.09 bits per heavy atom. The molecule has 0 saturated heterocycles. The van der Waals surface area contributed by atoms with Crippen molar-refractivity contribution in [1.82, 2.24) is 4.90 Å². The first kappa shape index (κ1) is 17.9. The van der Waals surface area contributed by atoms with Crippen molar-refractivity contribution >= 4 is 11.8 Å². The average molecular weight is 311 g/mol. The molecule has 1 rings (SSSR count). The Morgan fingerprint density at radius 1 is 1.45 bits per heavy atom.